The molecule has 0 spiro atoms. The monoisotopic (exact) mass is 639 g/mol. The average molecular weight is 640 g/mol. The second-order valence-corrected chi connectivity index (χ2v) is 12.5. The molecule has 0 N–H and O–H groups in total. The van der Waals surface area contributed by atoms with Crippen LogP contribution >= 0.6 is 0 Å². The molecular weight excluding hydrogens is 611 g/mol. The number of hydrogen-bond donors (Lipinski definition) is 0. The van der Waals surface area contributed by atoms with Gasteiger partial charge in [0.25, 0.3) is 0 Å². The van der Waals surface area contributed by atoms with Crippen molar-refractivity contribution in [3.63, 3.8) is 0 Å². The highest BCUT2D eigenvalue weighted by Crippen LogP contribution is 2.40. The van der Waals surface area contributed by atoms with E-state index < -0.39 is 0 Å². The van der Waals surface area contributed by atoms with Crippen LogP contribution in [0.5, 0.6) is 0 Å². The van der Waals surface area contributed by atoms with Crippen LogP contribution < -0.4 is 0 Å². The Labute approximate surface area is 288 Å². The first-order valence-corrected chi connectivity index (χ1v) is 16.8. The maximum Gasteiger partial charge on any atom is 0.238 e. The SMILES string of the molecule is c1ccc(-c2ccc3c(c2)c2ccccc2n3-c2cccc3c4ccccc4n(-c4nc(-c5ccccc5)nc(-c5ccccc5)n4)c23)cc1. The third-order valence-corrected chi connectivity index (χ3v) is 9.58. The van der Waals surface area contributed by atoms with Crippen molar-refractivity contribution in [1.82, 2.24) is 24.1 Å². The zero-order chi connectivity index (χ0) is 33.0. The summed E-state index contributed by atoms with van der Waals surface area (Å²) in [5, 5.41) is 4.68. The molecule has 0 atom stereocenters. The second kappa shape index (κ2) is 11.4. The second-order valence-electron chi connectivity index (χ2n) is 12.5. The third-order valence-electron chi connectivity index (χ3n) is 9.58. The summed E-state index contributed by atoms with van der Waals surface area (Å²) in [5.41, 5.74) is 9.67. The lowest BCUT2D eigenvalue weighted by atomic mass is 10.0. The minimum Gasteiger partial charge on any atom is -0.307 e. The van der Waals surface area contributed by atoms with Crippen molar-refractivity contribution in [3.05, 3.63) is 176 Å². The van der Waals surface area contributed by atoms with E-state index in [9.17, 15) is 0 Å². The van der Waals surface area contributed by atoms with E-state index in [0.29, 0.717) is 17.6 Å². The van der Waals surface area contributed by atoms with Crippen LogP contribution in [0.25, 0.3) is 89.2 Å². The predicted octanol–water partition coefficient (Wildman–Crippen LogP) is 11.1. The van der Waals surface area contributed by atoms with Gasteiger partial charge in [-0.3, -0.25) is 4.57 Å². The Morgan fingerprint density at radius 3 is 1.46 bits per heavy atom. The summed E-state index contributed by atoms with van der Waals surface area (Å²) in [7, 11) is 0. The maximum absolute atomic E-state index is 5.20. The van der Waals surface area contributed by atoms with E-state index in [1.807, 2.05) is 60.7 Å². The fourth-order valence-corrected chi connectivity index (χ4v) is 7.33. The van der Waals surface area contributed by atoms with E-state index >= 15 is 0 Å². The number of nitrogens with zero attached hydrogens (tertiary/aromatic N) is 5. The first-order valence-electron chi connectivity index (χ1n) is 16.8. The lowest BCUT2D eigenvalue weighted by molar-refractivity contribution is 0.950. The summed E-state index contributed by atoms with van der Waals surface area (Å²) in [5.74, 6) is 1.83. The Balaban J connectivity index is 1.31. The Morgan fingerprint density at radius 1 is 0.320 bits per heavy atom. The fraction of sp³-hybridized carbons (Fsp3) is 0. The average Bonchev–Trinajstić information content (AvgIpc) is 3.72. The molecule has 7 aromatic carbocycles. The molecule has 234 valence electrons. The fourth-order valence-electron chi connectivity index (χ4n) is 7.33. The highest BCUT2D eigenvalue weighted by molar-refractivity contribution is 6.15. The topological polar surface area (TPSA) is 48.5 Å². The van der Waals surface area contributed by atoms with Gasteiger partial charge in [0.1, 0.15) is 0 Å². The molecule has 0 aliphatic rings. The van der Waals surface area contributed by atoms with Gasteiger partial charge in [-0.15, -0.1) is 0 Å². The summed E-state index contributed by atoms with van der Waals surface area (Å²) in [6, 6.07) is 61.5. The summed E-state index contributed by atoms with van der Waals surface area (Å²) >= 11 is 0. The first kappa shape index (κ1) is 28.2. The van der Waals surface area contributed by atoms with Crippen LogP contribution in [0.15, 0.2) is 176 Å². The summed E-state index contributed by atoms with van der Waals surface area (Å²) in [4.78, 5) is 15.4. The molecule has 0 unspecified atom stereocenters. The normalized spacial score (nSPS) is 11.6. The highest BCUT2D eigenvalue weighted by atomic mass is 15.2. The molecule has 0 aliphatic carbocycles. The minimum absolute atomic E-state index is 0.573. The standard InChI is InChI=1S/C45H29N5/c1-4-15-30(16-5-1)33-27-28-40-37(29-33)35-22-11-12-24-38(35)49(40)41-26-14-23-36-34-21-10-13-25-39(34)50(42(36)41)45-47-43(31-17-6-2-7-18-31)46-44(48-45)32-19-8-3-9-20-32/h1-29H. The molecule has 50 heavy (non-hydrogen) atoms. The molecule has 3 heterocycles. The van der Waals surface area contributed by atoms with Crippen molar-refractivity contribution in [1.29, 1.82) is 0 Å². The molecule has 0 fully saturated rings. The molecule has 5 nitrogen and oxygen atoms in total. The summed E-state index contributed by atoms with van der Waals surface area (Å²) in [6.07, 6.45) is 0. The molecular formula is C45H29N5. The van der Waals surface area contributed by atoms with Gasteiger partial charge in [-0.2, -0.15) is 9.97 Å². The molecule has 10 rings (SSSR count). The number of hydrogen-bond acceptors (Lipinski definition) is 3. The van der Waals surface area contributed by atoms with Crippen molar-refractivity contribution >= 4 is 43.6 Å². The highest BCUT2D eigenvalue weighted by Gasteiger charge is 2.22. The van der Waals surface area contributed by atoms with Crippen molar-refractivity contribution in [2.75, 3.05) is 0 Å². The lowest BCUT2D eigenvalue weighted by Crippen LogP contribution is -2.08. The predicted molar refractivity (Wildman–Crippen MR) is 205 cm³/mol. The molecule has 0 radical (unpaired) electrons. The van der Waals surface area contributed by atoms with Gasteiger partial charge >= 0.3 is 0 Å². The van der Waals surface area contributed by atoms with Gasteiger partial charge in [0.2, 0.25) is 5.95 Å². The van der Waals surface area contributed by atoms with Crippen molar-refractivity contribution < 1.29 is 0 Å². The Bertz CT molecular complexity index is 2800. The van der Waals surface area contributed by atoms with Gasteiger partial charge in [0.15, 0.2) is 11.6 Å². The minimum atomic E-state index is 0.573. The van der Waals surface area contributed by atoms with E-state index in [0.717, 1.165) is 49.7 Å². The van der Waals surface area contributed by atoms with Crippen LogP contribution in [-0.2, 0) is 0 Å². The van der Waals surface area contributed by atoms with Gasteiger partial charge in [0, 0.05) is 32.7 Å². The molecule has 10 aromatic rings. The van der Waals surface area contributed by atoms with Crippen molar-refractivity contribution in [3.8, 4) is 45.5 Å². The van der Waals surface area contributed by atoms with Gasteiger partial charge in [-0.25, -0.2) is 4.98 Å². The van der Waals surface area contributed by atoms with Crippen LogP contribution in [-0.4, -0.2) is 24.1 Å². The number of para-hydroxylation sites is 3. The Morgan fingerprint density at radius 2 is 0.820 bits per heavy atom. The maximum atomic E-state index is 5.20. The lowest BCUT2D eigenvalue weighted by Gasteiger charge is -2.14. The molecule has 3 aromatic heterocycles. The largest absolute Gasteiger partial charge is 0.307 e. The van der Waals surface area contributed by atoms with Gasteiger partial charge in [0.05, 0.1) is 27.8 Å². The first-order chi connectivity index (χ1) is 24.8. The molecule has 0 bridgehead atoms. The van der Waals surface area contributed by atoms with E-state index in [4.69, 9.17) is 15.0 Å². The number of benzene rings is 7. The Kier molecular flexibility index (Phi) is 6.42. The van der Waals surface area contributed by atoms with Gasteiger partial charge in [-0.1, -0.05) is 146 Å². The van der Waals surface area contributed by atoms with E-state index in [-0.39, 0.29) is 0 Å². The van der Waals surface area contributed by atoms with Crippen molar-refractivity contribution in [2.24, 2.45) is 0 Å². The molecule has 0 saturated carbocycles. The van der Waals surface area contributed by atoms with Gasteiger partial charge < -0.3 is 4.57 Å². The van der Waals surface area contributed by atoms with E-state index in [1.54, 1.807) is 0 Å². The van der Waals surface area contributed by atoms with Crippen LogP contribution in [0, 0.1) is 0 Å². The molecule has 0 saturated heterocycles. The molecule has 5 heteroatoms. The van der Waals surface area contributed by atoms with Crippen LogP contribution in [0.1, 0.15) is 0 Å². The number of rotatable bonds is 5. The van der Waals surface area contributed by atoms with Crippen LogP contribution in [0.3, 0.4) is 0 Å². The van der Waals surface area contributed by atoms with E-state index in [1.165, 1.54) is 21.9 Å². The quantitative estimate of drug-likeness (QED) is 0.188. The number of fused-ring (bicyclic) bond motifs is 6. The smallest absolute Gasteiger partial charge is 0.238 e. The van der Waals surface area contributed by atoms with Gasteiger partial charge in [-0.05, 0) is 41.5 Å². The zero-order valence-corrected chi connectivity index (χ0v) is 27.0. The molecule has 0 amide bonds. The number of aromatic nitrogens is 5. The Hall–Kier alpha value is -6.85. The third kappa shape index (κ3) is 4.45. The van der Waals surface area contributed by atoms with Crippen molar-refractivity contribution in [2.45, 2.75) is 0 Å². The molecule has 0 aliphatic heterocycles. The van der Waals surface area contributed by atoms with Crippen LogP contribution in [0.4, 0.5) is 0 Å². The van der Waals surface area contributed by atoms with E-state index in [2.05, 4.69) is 124 Å². The zero-order valence-electron chi connectivity index (χ0n) is 27.0. The summed E-state index contributed by atoms with van der Waals surface area (Å²) < 4.78 is 4.62. The summed E-state index contributed by atoms with van der Waals surface area (Å²) in [6.45, 7) is 0. The van der Waals surface area contributed by atoms with Crippen LogP contribution in [0.2, 0.25) is 0 Å².